The summed E-state index contributed by atoms with van der Waals surface area (Å²) >= 11 is 0. The van der Waals surface area contributed by atoms with E-state index in [1.165, 1.54) is 10.9 Å². The van der Waals surface area contributed by atoms with Crippen molar-refractivity contribution in [1.29, 1.82) is 0 Å². The number of aryl methyl sites for hydroxylation is 2. The fourth-order valence-corrected chi connectivity index (χ4v) is 3.59. The van der Waals surface area contributed by atoms with E-state index in [9.17, 15) is 4.79 Å². The van der Waals surface area contributed by atoms with Crippen LogP contribution < -0.4 is 0 Å². The summed E-state index contributed by atoms with van der Waals surface area (Å²) in [6.07, 6.45) is 6.22. The normalized spacial score (nSPS) is 17.7. The highest BCUT2D eigenvalue weighted by Gasteiger charge is 2.28. The third kappa shape index (κ3) is 2.82. The lowest BCUT2D eigenvalue weighted by Crippen LogP contribution is -2.28. The topological polar surface area (TPSA) is 64.8 Å². The monoisotopic (exact) mass is 322 g/mol. The van der Waals surface area contributed by atoms with Crippen LogP contribution in [0.3, 0.4) is 0 Å². The largest absolute Gasteiger partial charge is 0.361 e. The van der Waals surface area contributed by atoms with Gasteiger partial charge in [-0.1, -0.05) is 18.2 Å². The van der Waals surface area contributed by atoms with Crippen molar-refractivity contribution < 1.29 is 4.79 Å². The number of amides is 1. The molecule has 1 atom stereocenters. The van der Waals surface area contributed by atoms with Crippen LogP contribution in [0.2, 0.25) is 0 Å². The van der Waals surface area contributed by atoms with Gasteiger partial charge >= 0.3 is 0 Å². The van der Waals surface area contributed by atoms with Crippen LogP contribution in [0.25, 0.3) is 10.9 Å². The van der Waals surface area contributed by atoms with Gasteiger partial charge in [0.2, 0.25) is 5.91 Å². The third-order valence-electron chi connectivity index (χ3n) is 4.93. The van der Waals surface area contributed by atoms with Crippen LogP contribution in [-0.2, 0) is 11.2 Å². The maximum absolute atomic E-state index is 12.5. The maximum atomic E-state index is 12.5. The molecular weight excluding hydrogens is 300 g/mol. The Hall–Kier alpha value is -2.56. The number of fused-ring (bicyclic) bond motifs is 1. The van der Waals surface area contributed by atoms with Crippen molar-refractivity contribution in [1.82, 2.24) is 19.9 Å². The minimum Gasteiger partial charge on any atom is -0.361 e. The van der Waals surface area contributed by atoms with Crippen molar-refractivity contribution in [3.63, 3.8) is 0 Å². The summed E-state index contributed by atoms with van der Waals surface area (Å²) < 4.78 is 0. The highest BCUT2D eigenvalue weighted by molar-refractivity contribution is 5.84. The van der Waals surface area contributed by atoms with Gasteiger partial charge in [-0.25, -0.2) is 4.98 Å². The lowest BCUT2D eigenvalue weighted by atomic mass is 10.1. The van der Waals surface area contributed by atoms with Crippen LogP contribution in [-0.4, -0.2) is 38.8 Å². The molecule has 0 saturated carbocycles. The smallest absolute Gasteiger partial charge is 0.222 e. The van der Waals surface area contributed by atoms with E-state index in [4.69, 9.17) is 0 Å². The van der Waals surface area contributed by atoms with Gasteiger partial charge in [-0.3, -0.25) is 4.79 Å². The number of aromatic amines is 2. The number of para-hydroxylation sites is 1. The Labute approximate surface area is 141 Å². The summed E-state index contributed by atoms with van der Waals surface area (Å²) in [6, 6.07) is 8.24. The van der Waals surface area contributed by atoms with Crippen LogP contribution in [0.5, 0.6) is 0 Å². The molecule has 0 aliphatic carbocycles. The second-order valence-corrected chi connectivity index (χ2v) is 6.64. The first kappa shape index (κ1) is 15.0. The molecule has 1 saturated heterocycles. The van der Waals surface area contributed by atoms with Crippen molar-refractivity contribution in [2.45, 2.75) is 32.1 Å². The Morgan fingerprint density at radius 2 is 2.25 bits per heavy atom. The van der Waals surface area contributed by atoms with Crippen LogP contribution in [0, 0.1) is 6.92 Å². The molecule has 5 nitrogen and oxygen atoms in total. The molecule has 3 heterocycles. The van der Waals surface area contributed by atoms with Crippen LogP contribution in [0.4, 0.5) is 0 Å². The number of nitrogens with one attached hydrogen (secondary N) is 2. The Morgan fingerprint density at radius 1 is 1.38 bits per heavy atom. The lowest BCUT2D eigenvalue weighted by Gasteiger charge is -2.16. The lowest BCUT2D eigenvalue weighted by molar-refractivity contribution is -0.130. The molecule has 1 fully saturated rings. The Bertz CT molecular complexity index is 863. The standard InChI is InChI=1S/C19H22N4O/c1-13-10-21-19(22-13)15-8-9-23(12-15)18(24)7-6-14-11-20-17-5-3-2-4-16(14)17/h2-5,10-11,15,20H,6-9,12H2,1H3,(H,21,22)/t15-/m1/s1. The number of carbonyl (C=O) groups excluding carboxylic acids is 1. The van der Waals surface area contributed by atoms with Crippen molar-refractivity contribution in [2.75, 3.05) is 13.1 Å². The predicted octanol–water partition coefficient (Wildman–Crippen LogP) is 3.15. The zero-order valence-corrected chi connectivity index (χ0v) is 13.9. The average Bonchev–Trinajstić information content (AvgIpc) is 3.31. The summed E-state index contributed by atoms with van der Waals surface area (Å²) in [4.78, 5) is 25.5. The number of aromatic nitrogens is 3. The zero-order chi connectivity index (χ0) is 16.5. The van der Waals surface area contributed by atoms with Crippen molar-refractivity contribution >= 4 is 16.8 Å². The summed E-state index contributed by atoms with van der Waals surface area (Å²) in [6.45, 7) is 3.62. The molecule has 0 unspecified atom stereocenters. The van der Waals surface area contributed by atoms with Gasteiger partial charge in [0.25, 0.3) is 0 Å². The fraction of sp³-hybridized carbons (Fsp3) is 0.368. The number of imidazole rings is 1. The minimum atomic E-state index is 0.242. The molecule has 0 radical (unpaired) electrons. The number of benzene rings is 1. The molecular formula is C19H22N4O. The summed E-state index contributed by atoms with van der Waals surface area (Å²) in [5, 5.41) is 1.22. The van der Waals surface area contributed by atoms with Crippen LogP contribution >= 0.6 is 0 Å². The molecule has 1 aliphatic heterocycles. The number of H-pyrrole nitrogens is 2. The summed E-state index contributed by atoms with van der Waals surface area (Å²) in [7, 11) is 0. The van der Waals surface area contributed by atoms with E-state index in [0.717, 1.165) is 43.0 Å². The molecule has 0 spiro atoms. The fourth-order valence-electron chi connectivity index (χ4n) is 3.59. The molecule has 2 aromatic heterocycles. The van der Waals surface area contributed by atoms with Gasteiger partial charge in [0.05, 0.1) is 0 Å². The molecule has 4 rings (SSSR count). The molecule has 2 N–H and O–H groups in total. The van der Waals surface area contributed by atoms with E-state index in [1.54, 1.807) is 0 Å². The molecule has 24 heavy (non-hydrogen) atoms. The highest BCUT2D eigenvalue weighted by Crippen LogP contribution is 2.26. The number of rotatable bonds is 4. The maximum Gasteiger partial charge on any atom is 0.222 e. The van der Waals surface area contributed by atoms with Gasteiger partial charge in [0.15, 0.2) is 0 Å². The Morgan fingerprint density at radius 3 is 3.08 bits per heavy atom. The number of nitrogens with zero attached hydrogens (tertiary/aromatic N) is 2. The molecule has 1 aliphatic rings. The van der Waals surface area contributed by atoms with E-state index in [-0.39, 0.29) is 5.91 Å². The van der Waals surface area contributed by atoms with Gasteiger partial charge in [-0.05, 0) is 31.4 Å². The molecule has 1 amide bonds. The number of hydrogen-bond donors (Lipinski definition) is 2. The van der Waals surface area contributed by atoms with Gasteiger partial charge in [-0.15, -0.1) is 0 Å². The number of carbonyl (C=O) groups is 1. The van der Waals surface area contributed by atoms with Crippen molar-refractivity contribution in [3.05, 3.63) is 53.7 Å². The van der Waals surface area contributed by atoms with E-state index in [2.05, 4.69) is 27.1 Å². The van der Waals surface area contributed by atoms with Crippen LogP contribution in [0.1, 0.15) is 35.8 Å². The average molecular weight is 322 g/mol. The second kappa shape index (κ2) is 6.15. The van der Waals surface area contributed by atoms with Gasteiger partial charge < -0.3 is 14.9 Å². The SMILES string of the molecule is Cc1cnc([C@@H]2CCN(C(=O)CCc3c[nH]c4ccccc34)C2)[nH]1. The van der Waals surface area contributed by atoms with Gasteiger partial charge in [0.1, 0.15) is 5.82 Å². The van der Waals surface area contributed by atoms with Crippen LogP contribution in [0.15, 0.2) is 36.7 Å². The van der Waals surface area contributed by atoms with E-state index < -0.39 is 0 Å². The second-order valence-electron chi connectivity index (χ2n) is 6.64. The van der Waals surface area contributed by atoms with Crippen molar-refractivity contribution in [2.24, 2.45) is 0 Å². The highest BCUT2D eigenvalue weighted by atomic mass is 16.2. The van der Waals surface area contributed by atoms with E-state index >= 15 is 0 Å². The van der Waals surface area contributed by atoms with Crippen molar-refractivity contribution in [3.8, 4) is 0 Å². The molecule has 5 heteroatoms. The zero-order valence-electron chi connectivity index (χ0n) is 13.9. The summed E-state index contributed by atoms with van der Waals surface area (Å²) in [5.41, 5.74) is 3.43. The molecule has 0 bridgehead atoms. The Balaban J connectivity index is 1.37. The first-order valence-electron chi connectivity index (χ1n) is 8.55. The quantitative estimate of drug-likeness (QED) is 0.775. The Kier molecular flexibility index (Phi) is 3.84. The number of likely N-dealkylation sites (tertiary alicyclic amines) is 1. The predicted molar refractivity (Wildman–Crippen MR) is 93.9 cm³/mol. The summed E-state index contributed by atoms with van der Waals surface area (Å²) in [5.74, 6) is 1.60. The van der Waals surface area contributed by atoms with Gasteiger partial charge in [-0.2, -0.15) is 0 Å². The molecule has 1 aromatic carbocycles. The van der Waals surface area contributed by atoms with E-state index in [1.807, 2.05) is 36.4 Å². The van der Waals surface area contributed by atoms with E-state index in [0.29, 0.717) is 12.3 Å². The third-order valence-corrected chi connectivity index (χ3v) is 4.93. The van der Waals surface area contributed by atoms with Gasteiger partial charge in [0, 0.05) is 54.4 Å². The first-order valence-corrected chi connectivity index (χ1v) is 8.55. The molecule has 3 aromatic rings. The molecule has 124 valence electrons. The number of hydrogen-bond acceptors (Lipinski definition) is 2. The minimum absolute atomic E-state index is 0.242. The first-order chi connectivity index (χ1) is 11.7.